The van der Waals surface area contributed by atoms with Crippen molar-refractivity contribution >= 4 is 12.0 Å². The molecule has 6 nitrogen and oxygen atoms in total. The Balaban J connectivity index is 2.27. The number of carboxylic acids is 1. The SMILES string of the molecule is CC(CCC(=O)O)NC(=O)N1CCC(CN)C1. The minimum Gasteiger partial charge on any atom is -0.481 e. The fraction of sp³-hybridized carbons (Fsp3) is 0.818. The molecule has 98 valence electrons. The van der Waals surface area contributed by atoms with Crippen LogP contribution in [0, 0.1) is 5.92 Å². The van der Waals surface area contributed by atoms with E-state index in [9.17, 15) is 9.59 Å². The second-order valence-electron chi connectivity index (χ2n) is 4.62. The van der Waals surface area contributed by atoms with Gasteiger partial charge in [0.15, 0.2) is 0 Å². The fourth-order valence-corrected chi connectivity index (χ4v) is 1.92. The molecular formula is C11H21N3O3. The minimum absolute atomic E-state index is 0.0763. The second kappa shape index (κ2) is 6.44. The highest BCUT2D eigenvalue weighted by molar-refractivity contribution is 5.75. The van der Waals surface area contributed by atoms with E-state index in [4.69, 9.17) is 10.8 Å². The van der Waals surface area contributed by atoms with Gasteiger partial charge in [0, 0.05) is 25.6 Å². The summed E-state index contributed by atoms with van der Waals surface area (Å²) >= 11 is 0. The molecule has 2 atom stereocenters. The van der Waals surface area contributed by atoms with Crippen molar-refractivity contribution in [2.45, 2.75) is 32.2 Å². The number of nitrogens with one attached hydrogen (secondary N) is 1. The molecule has 17 heavy (non-hydrogen) atoms. The third kappa shape index (κ3) is 4.60. The van der Waals surface area contributed by atoms with E-state index < -0.39 is 5.97 Å². The molecule has 1 aliphatic rings. The largest absolute Gasteiger partial charge is 0.481 e. The van der Waals surface area contributed by atoms with E-state index >= 15 is 0 Å². The Morgan fingerprint density at radius 3 is 2.82 bits per heavy atom. The highest BCUT2D eigenvalue weighted by Gasteiger charge is 2.25. The zero-order valence-electron chi connectivity index (χ0n) is 10.2. The van der Waals surface area contributed by atoms with Gasteiger partial charge < -0.3 is 21.1 Å². The van der Waals surface area contributed by atoms with Crippen LogP contribution in [0.1, 0.15) is 26.2 Å². The zero-order valence-corrected chi connectivity index (χ0v) is 10.2. The molecule has 1 saturated heterocycles. The predicted molar refractivity (Wildman–Crippen MR) is 63.6 cm³/mol. The number of nitrogens with zero attached hydrogens (tertiary/aromatic N) is 1. The number of aliphatic carboxylic acids is 1. The summed E-state index contributed by atoms with van der Waals surface area (Å²) in [6.07, 6.45) is 1.48. The topological polar surface area (TPSA) is 95.7 Å². The average Bonchev–Trinajstić information content (AvgIpc) is 2.74. The van der Waals surface area contributed by atoms with Crippen molar-refractivity contribution in [1.29, 1.82) is 0 Å². The van der Waals surface area contributed by atoms with Gasteiger partial charge in [-0.3, -0.25) is 4.79 Å². The molecule has 0 saturated carbocycles. The third-order valence-electron chi connectivity index (χ3n) is 3.07. The smallest absolute Gasteiger partial charge is 0.317 e. The summed E-state index contributed by atoms with van der Waals surface area (Å²) in [7, 11) is 0. The Morgan fingerprint density at radius 1 is 1.59 bits per heavy atom. The summed E-state index contributed by atoms with van der Waals surface area (Å²) in [6, 6.07) is -0.227. The minimum atomic E-state index is -0.838. The van der Waals surface area contributed by atoms with Crippen molar-refractivity contribution in [2.24, 2.45) is 11.7 Å². The van der Waals surface area contributed by atoms with Crippen LogP contribution in [0.4, 0.5) is 4.79 Å². The first-order valence-electron chi connectivity index (χ1n) is 6.00. The first kappa shape index (κ1) is 13.8. The molecule has 0 radical (unpaired) electrons. The molecule has 0 spiro atoms. The highest BCUT2D eigenvalue weighted by Crippen LogP contribution is 2.14. The van der Waals surface area contributed by atoms with E-state index in [2.05, 4.69) is 5.32 Å². The van der Waals surface area contributed by atoms with E-state index in [1.54, 1.807) is 4.90 Å². The summed E-state index contributed by atoms with van der Waals surface area (Å²) in [5.74, 6) is -0.439. The lowest BCUT2D eigenvalue weighted by Gasteiger charge is -2.20. The standard InChI is InChI=1S/C11H21N3O3/c1-8(2-3-10(15)16)13-11(17)14-5-4-9(6-12)7-14/h8-9H,2-7,12H2,1H3,(H,13,17)(H,15,16). The molecule has 0 aliphatic carbocycles. The molecule has 1 heterocycles. The van der Waals surface area contributed by atoms with Gasteiger partial charge in [-0.1, -0.05) is 0 Å². The predicted octanol–water partition coefficient (Wildman–Crippen LogP) is 0.230. The van der Waals surface area contributed by atoms with Gasteiger partial charge in [-0.05, 0) is 32.2 Å². The molecular weight excluding hydrogens is 222 g/mol. The Morgan fingerprint density at radius 2 is 2.29 bits per heavy atom. The molecule has 1 fully saturated rings. The van der Waals surface area contributed by atoms with Gasteiger partial charge in [-0.15, -0.1) is 0 Å². The Bertz CT molecular complexity index is 283. The maximum Gasteiger partial charge on any atom is 0.317 e. The van der Waals surface area contributed by atoms with Crippen LogP contribution in [0.15, 0.2) is 0 Å². The van der Waals surface area contributed by atoms with Crippen LogP contribution < -0.4 is 11.1 Å². The van der Waals surface area contributed by atoms with Crippen molar-refractivity contribution in [2.75, 3.05) is 19.6 Å². The summed E-state index contributed by atoms with van der Waals surface area (Å²) in [6.45, 7) is 3.86. The number of amides is 2. The van der Waals surface area contributed by atoms with Crippen molar-refractivity contribution in [3.05, 3.63) is 0 Å². The molecule has 2 amide bonds. The highest BCUT2D eigenvalue weighted by atomic mass is 16.4. The summed E-state index contributed by atoms with van der Waals surface area (Å²) < 4.78 is 0. The third-order valence-corrected chi connectivity index (χ3v) is 3.07. The van der Waals surface area contributed by atoms with Crippen LogP contribution in [0.5, 0.6) is 0 Å². The first-order valence-corrected chi connectivity index (χ1v) is 6.00. The normalized spacial score (nSPS) is 21.3. The summed E-state index contributed by atoms with van der Waals surface area (Å²) in [5, 5.41) is 11.3. The van der Waals surface area contributed by atoms with Gasteiger partial charge in [0.2, 0.25) is 0 Å². The van der Waals surface area contributed by atoms with Crippen LogP contribution in [-0.4, -0.2) is 47.7 Å². The second-order valence-corrected chi connectivity index (χ2v) is 4.62. The number of rotatable bonds is 5. The monoisotopic (exact) mass is 243 g/mol. The molecule has 2 unspecified atom stereocenters. The Hall–Kier alpha value is -1.30. The van der Waals surface area contributed by atoms with Gasteiger partial charge in [0.05, 0.1) is 0 Å². The molecule has 1 aliphatic heterocycles. The Kier molecular flexibility index (Phi) is 5.21. The summed E-state index contributed by atoms with van der Waals surface area (Å²) in [5.41, 5.74) is 5.55. The number of urea groups is 1. The zero-order chi connectivity index (χ0) is 12.8. The van der Waals surface area contributed by atoms with Gasteiger partial charge in [-0.25, -0.2) is 4.79 Å². The lowest BCUT2D eigenvalue weighted by Crippen LogP contribution is -2.43. The molecule has 6 heteroatoms. The van der Waals surface area contributed by atoms with E-state index in [0.717, 1.165) is 13.0 Å². The Labute approximate surface area is 101 Å². The van der Waals surface area contributed by atoms with Gasteiger partial charge in [0.25, 0.3) is 0 Å². The maximum absolute atomic E-state index is 11.8. The number of carbonyl (C=O) groups excluding carboxylic acids is 1. The molecule has 0 aromatic heterocycles. The average molecular weight is 243 g/mol. The fourth-order valence-electron chi connectivity index (χ4n) is 1.92. The van der Waals surface area contributed by atoms with Crippen LogP contribution in [0.25, 0.3) is 0 Å². The molecule has 0 bridgehead atoms. The van der Waals surface area contributed by atoms with Crippen LogP contribution >= 0.6 is 0 Å². The lowest BCUT2D eigenvalue weighted by molar-refractivity contribution is -0.137. The van der Waals surface area contributed by atoms with Gasteiger partial charge in [-0.2, -0.15) is 0 Å². The number of hydrogen-bond donors (Lipinski definition) is 3. The number of hydrogen-bond acceptors (Lipinski definition) is 3. The first-order chi connectivity index (χ1) is 8.02. The molecule has 0 aromatic carbocycles. The van der Waals surface area contributed by atoms with Crippen molar-refractivity contribution in [3.63, 3.8) is 0 Å². The van der Waals surface area contributed by atoms with E-state index in [0.29, 0.717) is 25.4 Å². The van der Waals surface area contributed by atoms with Crippen LogP contribution in [0.2, 0.25) is 0 Å². The van der Waals surface area contributed by atoms with Crippen LogP contribution in [0.3, 0.4) is 0 Å². The number of carboxylic acid groups (broad SMARTS) is 1. The van der Waals surface area contributed by atoms with Gasteiger partial charge >= 0.3 is 12.0 Å². The molecule has 4 N–H and O–H groups in total. The maximum atomic E-state index is 11.8. The quantitative estimate of drug-likeness (QED) is 0.644. The van der Waals surface area contributed by atoms with E-state index in [1.807, 2.05) is 6.92 Å². The number of carbonyl (C=O) groups is 2. The van der Waals surface area contributed by atoms with Crippen molar-refractivity contribution in [1.82, 2.24) is 10.2 Å². The number of nitrogens with two attached hydrogens (primary N) is 1. The van der Waals surface area contributed by atoms with Crippen molar-refractivity contribution < 1.29 is 14.7 Å². The van der Waals surface area contributed by atoms with Crippen LogP contribution in [-0.2, 0) is 4.79 Å². The van der Waals surface area contributed by atoms with Crippen molar-refractivity contribution in [3.8, 4) is 0 Å². The van der Waals surface area contributed by atoms with Gasteiger partial charge in [0.1, 0.15) is 0 Å². The number of likely N-dealkylation sites (tertiary alicyclic amines) is 1. The van der Waals surface area contributed by atoms with E-state index in [1.165, 1.54) is 0 Å². The van der Waals surface area contributed by atoms with E-state index in [-0.39, 0.29) is 18.5 Å². The molecule has 1 rings (SSSR count). The lowest BCUT2D eigenvalue weighted by atomic mass is 10.1. The summed E-state index contributed by atoms with van der Waals surface area (Å²) in [4.78, 5) is 23.9. The molecule has 0 aromatic rings.